The Morgan fingerprint density at radius 2 is 2.14 bits per heavy atom. The van der Waals surface area contributed by atoms with Crippen molar-refractivity contribution in [2.24, 2.45) is 12.8 Å². The molecule has 2 aromatic rings. The number of hydrogen-bond donors (Lipinski definition) is 3. The molecule has 1 aromatic carbocycles. The number of aryl methyl sites for hydroxylation is 1. The Morgan fingerprint density at radius 1 is 1.43 bits per heavy atom. The quantitative estimate of drug-likeness (QED) is 0.715. The van der Waals surface area contributed by atoms with E-state index in [-0.39, 0.29) is 11.7 Å². The highest BCUT2D eigenvalue weighted by atomic mass is 16.3. The summed E-state index contributed by atoms with van der Waals surface area (Å²) in [6.45, 7) is 0.507. The Labute approximate surface area is 123 Å². The van der Waals surface area contributed by atoms with Gasteiger partial charge in [-0.25, -0.2) is 4.98 Å². The summed E-state index contributed by atoms with van der Waals surface area (Å²) in [5, 5.41) is 12.0. The van der Waals surface area contributed by atoms with E-state index in [1.54, 1.807) is 30.5 Å². The Morgan fingerprint density at radius 3 is 2.76 bits per heavy atom. The molecule has 0 aliphatic carbocycles. The Kier molecular flexibility index (Phi) is 4.94. The molecule has 0 aliphatic rings. The van der Waals surface area contributed by atoms with Crippen LogP contribution < -0.4 is 11.1 Å². The lowest BCUT2D eigenvalue weighted by Gasteiger charge is -2.12. The topological polar surface area (TPSA) is 93.2 Å². The fourth-order valence-corrected chi connectivity index (χ4v) is 2.04. The summed E-state index contributed by atoms with van der Waals surface area (Å²) < 4.78 is 1.92. The molecule has 21 heavy (non-hydrogen) atoms. The van der Waals surface area contributed by atoms with Crippen molar-refractivity contribution in [3.63, 3.8) is 0 Å². The van der Waals surface area contributed by atoms with Gasteiger partial charge < -0.3 is 20.7 Å². The van der Waals surface area contributed by atoms with E-state index >= 15 is 0 Å². The first-order chi connectivity index (χ1) is 10.1. The minimum absolute atomic E-state index is 0.183. The van der Waals surface area contributed by atoms with Gasteiger partial charge in [-0.3, -0.25) is 4.79 Å². The molecule has 1 heterocycles. The van der Waals surface area contributed by atoms with Gasteiger partial charge in [-0.2, -0.15) is 0 Å². The van der Waals surface area contributed by atoms with Gasteiger partial charge in [-0.05, 0) is 24.1 Å². The van der Waals surface area contributed by atoms with Gasteiger partial charge in [0.15, 0.2) is 0 Å². The fraction of sp³-hybridized carbons (Fsp3) is 0.333. The molecule has 2 rings (SSSR count). The van der Waals surface area contributed by atoms with Gasteiger partial charge in [0.2, 0.25) is 5.91 Å². The minimum atomic E-state index is -0.601. The van der Waals surface area contributed by atoms with Crippen molar-refractivity contribution in [1.29, 1.82) is 0 Å². The second kappa shape index (κ2) is 6.90. The molecule has 1 aromatic heterocycles. The van der Waals surface area contributed by atoms with Gasteiger partial charge in [0.25, 0.3) is 0 Å². The van der Waals surface area contributed by atoms with Crippen LogP contribution in [0.4, 0.5) is 0 Å². The molecule has 0 spiro atoms. The lowest BCUT2D eigenvalue weighted by Crippen LogP contribution is -2.42. The summed E-state index contributed by atoms with van der Waals surface area (Å²) in [6, 6.07) is 6.09. The number of carbonyl (C=O) groups is 1. The number of amides is 1. The van der Waals surface area contributed by atoms with Crippen LogP contribution in [0.3, 0.4) is 0 Å². The molecule has 0 aliphatic heterocycles. The van der Waals surface area contributed by atoms with Gasteiger partial charge in [-0.15, -0.1) is 0 Å². The average molecular weight is 288 g/mol. The summed E-state index contributed by atoms with van der Waals surface area (Å²) in [5.41, 5.74) is 6.80. The number of nitrogens with one attached hydrogen (secondary N) is 1. The Bertz CT molecular complexity index is 592. The molecule has 4 N–H and O–H groups in total. The van der Waals surface area contributed by atoms with Crippen molar-refractivity contribution in [2.75, 3.05) is 6.54 Å². The van der Waals surface area contributed by atoms with E-state index in [9.17, 15) is 9.90 Å². The number of carbonyl (C=O) groups excluding carboxylic acids is 1. The van der Waals surface area contributed by atoms with Crippen LogP contribution in [0.1, 0.15) is 11.4 Å². The van der Waals surface area contributed by atoms with E-state index in [1.165, 1.54) is 0 Å². The molecule has 6 heteroatoms. The monoisotopic (exact) mass is 288 g/mol. The van der Waals surface area contributed by atoms with Crippen LogP contribution in [0, 0.1) is 0 Å². The molecule has 0 radical (unpaired) electrons. The molecule has 1 amide bonds. The highest BCUT2D eigenvalue weighted by Gasteiger charge is 2.13. The van der Waals surface area contributed by atoms with Crippen LogP contribution in [0.5, 0.6) is 5.75 Å². The third kappa shape index (κ3) is 4.32. The Balaban J connectivity index is 1.77. The van der Waals surface area contributed by atoms with E-state index < -0.39 is 6.04 Å². The number of phenolic OH excluding ortho intramolecular Hbond substituents is 1. The zero-order valence-electron chi connectivity index (χ0n) is 12.0. The second-order valence-corrected chi connectivity index (χ2v) is 4.97. The highest BCUT2D eigenvalue weighted by Crippen LogP contribution is 2.10. The summed E-state index contributed by atoms with van der Waals surface area (Å²) in [4.78, 5) is 16.1. The van der Waals surface area contributed by atoms with E-state index in [2.05, 4.69) is 10.3 Å². The van der Waals surface area contributed by atoms with Gasteiger partial charge >= 0.3 is 0 Å². The van der Waals surface area contributed by atoms with Crippen molar-refractivity contribution in [3.05, 3.63) is 48.0 Å². The summed E-state index contributed by atoms with van der Waals surface area (Å²) in [6.07, 6.45) is 4.71. The summed E-state index contributed by atoms with van der Waals surface area (Å²) >= 11 is 0. The molecule has 1 atom stereocenters. The molecule has 6 nitrogen and oxygen atoms in total. The molecule has 112 valence electrons. The third-order valence-corrected chi connectivity index (χ3v) is 3.30. The maximum absolute atomic E-state index is 11.9. The highest BCUT2D eigenvalue weighted by molar-refractivity contribution is 5.81. The number of nitrogens with two attached hydrogens (primary N) is 1. The number of hydrogen-bond acceptors (Lipinski definition) is 4. The normalized spacial score (nSPS) is 12.1. The standard InChI is InChI=1S/C15H20N4O2/c1-19-9-8-17-14(19)6-7-18-15(21)13(16)10-11-2-4-12(20)5-3-11/h2-5,8-9,13,20H,6-7,10,16H2,1H3,(H,18,21). The molecule has 0 saturated carbocycles. The summed E-state index contributed by atoms with van der Waals surface area (Å²) in [5.74, 6) is 0.937. The van der Waals surface area contributed by atoms with Gasteiger partial charge in [0.1, 0.15) is 11.6 Å². The first-order valence-electron chi connectivity index (χ1n) is 6.83. The van der Waals surface area contributed by atoms with Crippen LogP contribution in [-0.2, 0) is 24.7 Å². The van der Waals surface area contributed by atoms with E-state index in [4.69, 9.17) is 5.73 Å². The maximum Gasteiger partial charge on any atom is 0.237 e. The number of imidazole rings is 1. The zero-order chi connectivity index (χ0) is 15.2. The van der Waals surface area contributed by atoms with Crippen LogP contribution in [0.25, 0.3) is 0 Å². The van der Waals surface area contributed by atoms with Crippen molar-refractivity contribution in [1.82, 2.24) is 14.9 Å². The second-order valence-electron chi connectivity index (χ2n) is 4.97. The molecule has 0 bridgehead atoms. The number of benzene rings is 1. The van der Waals surface area contributed by atoms with Crippen LogP contribution in [0.2, 0.25) is 0 Å². The van der Waals surface area contributed by atoms with Crippen molar-refractivity contribution < 1.29 is 9.90 Å². The minimum Gasteiger partial charge on any atom is -0.508 e. The molecule has 1 unspecified atom stereocenters. The SMILES string of the molecule is Cn1ccnc1CCNC(=O)C(N)Cc1ccc(O)cc1. The first kappa shape index (κ1) is 15.1. The maximum atomic E-state index is 11.9. The predicted molar refractivity (Wildman–Crippen MR) is 79.7 cm³/mol. The van der Waals surface area contributed by atoms with Gasteiger partial charge in [-0.1, -0.05) is 12.1 Å². The van der Waals surface area contributed by atoms with Crippen molar-refractivity contribution in [3.8, 4) is 5.75 Å². The largest absolute Gasteiger partial charge is 0.508 e. The smallest absolute Gasteiger partial charge is 0.237 e. The zero-order valence-corrected chi connectivity index (χ0v) is 12.0. The Hall–Kier alpha value is -2.34. The van der Waals surface area contributed by atoms with Crippen LogP contribution in [0.15, 0.2) is 36.7 Å². The number of aromatic hydroxyl groups is 1. The lowest BCUT2D eigenvalue weighted by atomic mass is 10.1. The number of nitrogens with zero attached hydrogens (tertiary/aromatic N) is 2. The van der Waals surface area contributed by atoms with Crippen molar-refractivity contribution in [2.45, 2.75) is 18.9 Å². The summed E-state index contributed by atoms with van der Waals surface area (Å²) in [7, 11) is 1.92. The molecular formula is C15H20N4O2. The predicted octanol–water partition coefficient (Wildman–Crippen LogP) is 0.354. The number of aromatic nitrogens is 2. The molecular weight excluding hydrogens is 268 g/mol. The van der Waals surface area contributed by atoms with E-state index in [0.29, 0.717) is 19.4 Å². The lowest BCUT2D eigenvalue weighted by molar-refractivity contribution is -0.122. The van der Waals surface area contributed by atoms with E-state index in [0.717, 1.165) is 11.4 Å². The van der Waals surface area contributed by atoms with Gasteiger partial charge in [0.05, 0.1) is 6.04 Å². The first-order valence-corrected chi connectivity index (χ1v) is 6.83. The molecule has 0 saturated heterocycles. The fourth-order valence-electron chi connectivity index (χ4n) is 2.04. The average Bonchev–Trinajstić information content (AvgIpc) is 2.87. The molecule has 0 fully saturated rings. The number of rotatable bonds is 6. The third-order valence-electron chi connectivity index (χ3n) is 3.30. The van der Waals surface area contributed by atoms with E-state index in [1.807, 2.05) is 17.8 Å². The van der Waals surface area contributed by atoms with Gasteiger partial charge in [0, 0.05) is 32.4 Å². The van der Waals surface area contributed by atoms with Crippen LogP contribution in [-0.4, -0.2) is 33.2 Å². The van der Waals surface area contributed by atoms with Crippen molar-refractivity contribution >= 4 is 5.91 Å². The number of phenols is 1. The van der Waals surface area contributed by atoms with Crippen LogP contribution >= 0.6 is 0 Å².